The summed E-state index contributed by atoms with van der Waals surface area (Å²) in [7, 11) is 1.57. The number of anilines is 2. The molecule has 0 saturated carbocycles. The molecular formula is C14H15BrN4O2. The van der Waals surface area contributed by atoms with E-state index >= 15 is 0 Å². The number of benzene rings is 1. The number of ether oxygens (including phenoxy) is 1. The predicted octanol–water partition coefficient (Wildman–Crippen LogP) is 2.70. The van der Waals surface area contributed by atoms with E-state index in [-0.39, 0.29) is 5.91 Å². The summed E-state index contributed by atoms with van der Waals surface area (Å²) < 4.78 is 5.91. The summed E-state index contributed by atoms with van der Waals surface area (Å²) in [5.74, 6) is 6.17. The first-order valence-corrected chi connectivity index (χ1v) is 6.93. The number of carbonyl (C=O) groups is 1. The van der Waals surface area contributed by atoms with E-state index < -0.39 is 0 Å². The van der Waals surface area contributed by atoms with Gasteiger partial charge in [0, 0.05) is 21.8 Å². The van der Waals surface area contributed by atoms with Crippen molar-refractivity contribution in [1.29, 1.82) is 0 Å². The topological polar surface area (TPSA) is 89.3 Å². The van der Waals surface area contributed by atoms with Crippen molar-refractivity contribution in [3.05, 3.63) is 46.1 Å². The number of nitrogen functional groups attached to an aromatic ring is 1. The minimum Gasteiger partial charge on any atom is -0.497 e. The Morgan fingerprint density at radius 3 is 2.76 bits per heavy atom. The molecule has 0 fully saturated rings. The van der Waals surface area contributed by atoms with Gasteiger partial charge in [-0.05, 0) is 47.1 Å². The lowest BCUT2D eigenvalue weighted by Gasteiger charge is -2.10. The second-order valence-corrected chi connectivity index (χ2v) is 5.18. The van der Waals surface area contributed by atoms with Gasteiger partial charge in [0.05, 0.1) is 12.8 Å². The summed E-state index contributed by atoms with van der Waals surface area (Å²) in [5, 5.41) is 2.82. The first-order chi connectivity index (χ1) is 10.0. The summed E-state index contributed by atoms with van der Waals surface area (Å²) in [6.07, 6.45) is 0. The van der Waals surface area contributed by atoms with E-state index in [9.17, 15) is 4.79 Å². The second kappa shape index (κ2) is 6.55. The average Bonchev–Trinajstić information content (AvgIpc) is 2.48. The summed E-state index contributed by atoms with van der Waals surface area (Å²) >= 11 is 3.39. The predicted molar refractivity (Wildman–Crippen MR) is 85.4 cm³/mol. The van der Waals surface area contributed by atoms with Gasteiger partial charge in [0.1, 0.15) is 11.6 Å². The van der Waals surface area contributed by atoms with Crippen molar-refractivity contribution in [2.24, 2.45) is 5.84 Å². The van der Waals surface area contributed by atoms with Crippen LogP contribution in [0.15, 0.2) is 34.8 Å². The van der Waals surface area contributed by atoms with Crippen molar-refractivity contribution in [2.45, 2.75) is 6.92 Å². The van der Waals surface area contributed by atoms with Crippen LogP contribution in [-0.4, -0.2) is 18.0 Å². The molecule has 0 unspecified atom stereocenters. The molecule has 0 spiro atoms. The molecule has 2 aromatic rings. The van der Waals surface area contributed by atoms with Crippen molar-refractivity contribution < 1.29 is 9.53 Å². The summed E-state index contributed by atoms with van der Waals surface area (Å²) in [5.41, 5.74) is 4.22. The van der Waals surface area contributed by atoms with E-state index in [1.54, 1.807) is 44.4 Å². The van der Waals surface area contributed by atoms with Gasteiger partial charge in [-0.15, -0.1) is 0 Å². The smallest absolute Gasteiger partial charge is 0.255 e. The summed E-state index contributed by atoms with van der Waals surface area (Å²) in [4.78, 5) is 16.5. The summed E-state index contributed by atoms with van der Waals surface area (Å²) in [6, 6.07) is 8.60. The number of nitrogens with one attached hydrogen (secondary N) is 2. The van der Waals surface area contributed by atoms with Gasteiger partial charge in [0.2, 0.25) is 0 Å². The fourth-order valence-electron chi connectivity index (χ4n) is 1.80. The van der Waals surface area contributed by atoms with Gasteiger partial charge in [-0.1, -0.05) is 0 Å². The number of rotatable bonds is 4. The molecular weight excluding hydrogens is 336 g/mol. The van der Waals surface area contributed by atoms with Gasteiger partial charge in [0.25, 0.3) is 5.91 Å². The number of amides is 1. The van der Waals surface area contributed by atoms with Crippen molar-refractivity contribution in [1.82, 2.24) is 4.98 Å². The number of hydrazine groups is 1. The zero-order valence-electron chi connectivity index (χ0n) is 11.6. The summed E-state index contributed by atoms with van der Waals surface area (Å²) in [6.45, 7) is 1.79. The third-order valence-corrected chi connectivity index (χ3v) is 3.48. The highest BCUT2D eigenvalue weighted by molar-refractivity contribution is 9.10. The van der Waals surface area contributed by atoms with Crippen LogP contribution in [-0.2, 0) is 0 Å². The van der Waals surface area contributed by atoms with Crippen LogP contribution in [0.3, 0.4) is 0 Å². The quantitative estimate of drug-likeness (QED) is 0.582. The average molecular weight is 351 g/mol. The van der Waals surface area contributed by atoms with Crippen LogP contribution in [0.5, 0.6) is 5.75 Å². The Morgan fingerprint density at radius 2 is 2.10 bits per heavy atom. The molecule has 7 heteroatoms. The van der Waals surface area contributed by atoms with Crippen LogP contribution in [0.1, 0.15) is 16.1 Å². The van der Waals surface area contributed by atoms with Crippen LogP contribution in [0.25, 0.3) is 0 Å². The van der Waals surface area contributed by atoms with Gasteiger partial charge in [-0.2, -0.15) is 0 Å². The molecule has 4 N–H and O–H groups in total. The maximum absolute atomic E-state index is 12.3. The Bertz CT molecular complexity index is 676. The molecule has 0 saturated heterocycles. The van der Waals surface area contributed by atoms with Gasteiger partial charge < -0.3 is 15.5 Å². The zero-order valence-corrected chi connectivity index (χ0v) is 13.2. The van der Waals surface area contributed by atoms with Crippen LogP contribution in [0, 0.1) is 6.92 Å². The van der Waals surface area contributed by atoms with Gasteiger partial charge in [-0.3, -0.25) is 4.79 Å². The molecule has 0 bridgehead atoms. The highest BCUT2D eigenvalue weighted by Crippen LogP contribution is 2.27. The van der Waals surface area contributed by atoms with Gasteiger partial charge in [0.15, 0.2) is 0 Å². The number of hydrogen-bond acceptors (Lipinski definition) is 5. The highest BCUT2D eigenvalue weighted by atomic mass is 79.9. The standard InChI is InChI=1S/C14H15BrN4O2/c1-8-5-9(6-13(17-8)19-16)14(20)18-12-7-10(21-2)3-4-11(12)15/h3-7H,16H2,1-2H3,(H,17,19)(H,18,20). The van der Waals surface area contributed by atoms with E-state index in [1.165, 1.54) is 0 Å². The lowest BCUT2D eigenvalue weighted by molar-refractivity contribution is 0.102. The van der Waals surface area contributed by atoms with Gasteiger partial charge >= 0.3 is 0 Å². The Hall–Kier alpha value is -2.12. The normalized spacial score (nSPS) is 10.1. The molecule has 1 aromatic carbocycles. The van der Waals surface area contributed by atoms with Crippen molar-refractivity contribution >= 4 is 33.3 Å². The number of carbonyl (C=O) groups excluding carboxylic acids is 1. The molecule has 2 rings (SSSR count). The lowest BCUT2D eigenvalue weighted by atomic mass is 10.2. The molecule has 0 aliphatic heterocycles. The molecule has 0 aliphatic rings. The number of aromatic nitrogens is 1. The lowest BCUT2D eigenvalue weighted by Crippen LogP contribution is -2.15. The number of aryl methyl sites for hydroxylation is 1. The first-order valence-electron chi connectivity index (χ1n) is 6.13. The maximum Gasteiger partial charge on any atom is 0.255 e. The number of methoxy groups -OCH3 is 1. The van der Waals surface area contributed by atoms with Crippen molar-refractivity contribution in [2.75, 3.05) is 17.9 Å². The van der Waals surface area contributed by atoms with Crippen LogP contribution in [0.2, 0.25) is 0 Å². The van der Waals surface area contributed by atoms with Crippen molar-refractivity contribution in [3.63, 3.8) is 0 Å². The Morgan fingerprint density at radius 1 is 1.33 bits per heavy atom. The monoisotopic (exact) mass is 350 g/mol. The van der Waals surface area contributed by atoms with Gasteiger partial charge in [-0.25, -0.2) is 10.8 Å². The molecule has 110 valence electrons. The number of pyridine rings is 1. The fraction of sp³-hybridized carbons (Fsp3) is 0.143. The van der Waals surface area contributed by atoms with E-state index in [4.69, 9.17) is 10.6 Å². The van der Waals surface area contributed by atoms with E-state index in [0.717, 1.165) is 4.47 Å². The third kappa shape index (κ3) is 3.71. The molecule has 0 radical (unpaired) electrons. The van der Waals surface area contributed by atoms with Crippen LogP contribution in [0.4, 0.5) is 11.5 Å². The second-order valence-electron chi connectivity index (χ2n) is 4.33. The first kappa shape index (κ1) is 15.3. The van der Waals surface area contributed by atoms with E-state index in [2.05, 4.69) is 31.7 Å². The molecule has 21 heavy (non-hydrogen) atoms. The minimum atomic E-state index is -0.258. The molecule has 1 amide bonds. The number of nitrogens with two attached hydrogens (primary N) is 1. The van der Waals surface area contributed by atoms with Crippen LogP contribution >= 0.6 is 15.9 Å². The molecule has 1 aromatic heterocycles. The number of halogens is 1. The van der Waals surface area contributed by atoms with Crippen molar-refractivity contribution in [3.8, 4) is 5.75 Å². The molecule has 0 atom stereocenters. The zero-order chi connectivity index (χ0) is 15.4. The SMILES string of the molecule is COc1ccc(Br)c(NC(=O)c2cc(C)nc(NN)c2)c1. The number of hydrogen-bond donors (Lipinski definition) is 3. The molecule has 6 nitrogen and oxygen atoms in total. The fourth-order valence-corrected chi connectivity index (χ4v) is 2.14. The maximum atomic E-state index is 12.3. The van der Waals surface area contributed by atoms with E-state index in [0.29, 0.717) is 28.5 Å². The number of nitrogens with zero attached hydrogens (tertiary/aromatic N) is 1. The van der Waals surface area contributed by atoms with E-state index in [1.807, 2.05) is 0 Å². The minimum absolute atomic E-state index is 0.258. The Balaban J connectivity index is 2.27. The molecule has 1 heterocycles. The Labute approximate surface area is 130 Å². The molecule has 0 aliphatic carbocycles. The third-order valence-electron chi connectivity index (χ3n) is 2.79. The van der Waals surface area contributed by atoms with Crippen LogP contribution < -0.4 is 21.3 Å². The highest BCUT2D eigenvalue weighted by Gasteiger charge is 2.11. The Kier molecular flexibility index (Phi) is 4.77. The largest absolute Gasteiger partial charge is 0.497 e.